The van der Waals surface area contributed by atoms with Crippen molar-refractivity contribution in [3.8, 4) is 0 Å². The number of quaternary nitrogens is 1. The van der Waals surface area contributed by atoms with E-state index in [0.717, 1.165) is 83.5 Å². The average Bonchev–Trinajstić information content (AvgIpc) is 3.49. The molecule has 0 aliphatic rings. The number of hydrogen-bond acceptors (Lipinski definition) is 7. The Balaban J connectivity index is 4.04. The molecular weight excluding hydrogens is 1050 g/mol. The van der Waals surface area contributed by atoms with E-state index in [2.05, 4.69) is 111 Å². The highest BCUT2D eigenvalue weighted by molar-refractivity contribution is 5.71. The highest BCUT2D eigenvalue weighted by Gasteiger charge is 2.25. The largest absolute Gasteiger partial charge is 0.477 e. The van der Waals surface area contributed by atoms with Crippen molar-refractivity contribution in [2.24, 2.45) is 0 Å². The molecule has 0 rings (SSSR count). The summed E-state index contributed by atoms with van der Waals surface area (Å²) in [5.41, 5.74) is 0. The summed E-state index contributed by atoms with van der Waals surface area (Å²) in [5.74, 6) is -2.00. The first-order valence-corrected chi connectivity index (χ1v) is 35.4. The molecule has 0 radical (unpaired) electrons. The van der Waals surface area contributed by atoms with Gasteiger partial charge >= 0.3 is 17.9 Å². The Hall–Kier alpha value is -3.79. The predicted octanol–water partition coefficient (Wildman–Crippen LogP) is 22.0. The zero-order valence-electron chi connectivity index (χ0n) is 56.0. The molecular formula is C76H134NO8+. The van der Waals surface area contributed by atoms with Gasteiger partial charge in [-0.15, -0.1) is 0 Å². The number of hydrogen-bond donors (Lipinski definition) is 1. The molecule has 0 fully saturated rings. The summed E-state index contributed by atoms with van der Waals surface area (Å²) < 4.78 is 23.0. The topological polar surface area (TPSA) is 108 Å². The van der Waals surface area contributed by atoms with Crippen molar-refractivity contribution in [1.82, 2.24) is 0 Å². The van der Waals surface area contributed by atoms with Crippen LogP contribution in [0.15, 0.2) is 97.2 Å². The second-order valence-corrected chi connectivity index (χ2v) is 24.8. The summed E-state index contributed by atoms with van der Waals surface area (Å²) in [4.78, 5) is 37.6. The maximum atomic E-state index is 12.9. The predicted molar refractivity (Wildman–Crippen MR) is 364 cm³/mol. The first kappa shape index (κ1) is 81.2. The van der Waals surface area contributed by atoms with E-state index in [4.69, 9.17) is 18.9 Å². The van der Waals surface area contributed by atoms with Crippen molar-refractivity contribution in [2.45, 2.75) is 322 Å². The maximum absolute atomic E-state index is 12.9. The first-order chi connectivity index (χ1) is 41.6. The van der Waals surface area contributed by atoms with Crippen molar-refractivity contribution >= 4 is 17.9 Å². The summed E-state index contributed by atoms with van der Waals surface area (Å²) in [6.45, 7) is 4.78. The van der Waals surface area contributed by atoms with Crippen LogP contribution in [0.3, 0.4) is 0 Å². The zero-order chi connectivity index (χ0) is 61.9. The molecule has 0 aromatic carbocycles. The fraction of sp³-hybridized carbons (Fsp3) is 0.750. The van der Waals surface area contributed by atoms with Crippen LogP contribution in [0.4, 0.5) is 0 Å². The third-order valence-electron chi connectivity index (χ3n) is 15.3. The van der Waals surface area contributed by atoms with E-state index in [9.17, 15) is 19.5 Å². The Bertz CT molecular complexity index is 1720. The van der Waals surface area contributed by atoms with Crippen molar-refractivity contribution in [3.63, 3.8) is 0 Å². The highest BCUT2D eigenvalue weighted by atomic mass is 16.7. The van der Waals surface area contributed by atoms with E-state index < -0.39 is 24.3 Å². The van der Waals surface area contributed by atoms with Crippen molar-refractivity contribution in [2.75, 3.05) is 47.5 Å². The van der Waals surface area contributed by atoms with Gasteiger partial charge in [0.15, 0.2) is 6.10 Å². The summed E-state index contributed by atoms with van der Waals surface area (Å²) in [7, 11) is 5.98. The summed E-state index contributed by atoms with van der Waals surface area (Å²) in [6.07, 6.45) is 88.1. The molecule has 0 amide bonds. The fourth-order valence-corrected chi connectivity index (χ4v) is 9.93. The minimum Gasteiger partial charge on any atom is -0.477 e. The quantitative estimate of drug-likeness (QED) is 0.0211. The van der Waals surface area contributed by atoms with Crippen LogP contribution < -0.4 is 0 Å². The molecule has 0 spiro atoms. The fourth-order valence-electron chi connectivity index (χ4n) is 9.93. The van der Waals surface area contributed by atoms with Crippen molar-refractivity contribution < 1.29 is 42.9 Å². The molecule has 85 heavy (non-hydrogen) atoms. The molecule has 2 unspecified atom stereocenters. The van der Waals surface area contributed by atoms with Gasteiger partial charge in [0.25, 0.3) is 6.29 Å². The Morgan fingerprint density at radius 2 is 0.671 bits per heavy atom. The number of carboxylic acids is 1. The lowest BCUT2D eigenvalue weighted by atomic mass is 10.0. The molecule has 0 aliphatic heterocycles. The lowest BCUT2D eigenvalue weighted by molar-refractivity contribution is -0.870. The Kier molecular flexibility index (Phi) is 63.2. The number of ether oxygens (including phenoxy) is 4. The summed E-state index contributed by atoms with van der Waals surface area (Å²) >= 11 is 0. The molecule has 9 heteroatoms. The summed E-state index contributed by atoms with van der Waals surface area (Å²) in [5, 5.41) is 9.74. The van der Waals surface area contributed by atoms with Gasteiger partial charge in [0.05, 0.1) is 34.4 Å². The van der Waals surface area contributed by atoms with Crippen LogP contribution in [0, 0.1) is 0 Å². The molecule has 0 bridgehead atoms. The SMILES string of the molecule is CC/C=C\C/C=C\C/C=C\C/C=C\C/C=C\C/C=C\CCCCCCCCCCCCCCCCCCCCCCC(=O)OC(COC(=O)CCCCCCCCCCC/C=C\C/C=C\CCCCCCC)COC(OCC[N+](C)(C)C)C(=O)O. The smallest absolute Gasteiger partial charge is 0.361 e. The molecule has 490 valence electrons. The molecule has 2 atom stereocenters. The molecule has 0 heterocycles. The van der Waals surface area contributed by atoms with Gasteiger partial charge in [-0.05, 0) is 96.3 Å². The molecule has 0 saturated heterocycles. The second kappa shape index (κ2) is 66.2. The van der Waals surface area contributed by atoms with Gasteiger partial charge in [0.1, 0.15) is 13.2 Å². The van der Waals surface area contributed by atoms with Crippen LogP contribution in [0.25, 0.3) is 0 Å². The standard InChI is InChI=1S/C76H133NO8/c1-6-8-10-12-14-16-18-20-22-24-26-28-29-30-31-32-33-34-35-36-37-38-39-40-41-42-43-44-45-47-49-51-53-55-57-59-61-63-65-67-74(79)85-72(71-84-76(75(80)81)82-69-68-77(3,4)5)70-83-73(78)66-64-62-60-58-56-54-52-50-48-46-27-25-23-21-19-17-15-13-11-9-7-2/h8,10,14,16,19-22,25-28,30-31,33-34,72,76H,6-7,9,11-13,15,17-18,23-24,29,32,35-71H2,1-5H3/p+1/b10-8-,16-14-,21-19-,22-20-,27-25-,28-26-,31-30-,34-33-. The van der Waals surface area contributed by atoms with E-state index in [1.54, 1.807) is 0 Å². The number of carbonyl (C=O) groups excluding carboxylic acids is 2. The molecule has 0 saturated carbocycles. The van der Waals surface area contributed by atoms with Gasteiger partial charge < -0.3 is 28.5 Å². The number of allylic oxidation sites excluding steroid dienone is 16. The van der Waals surface area contributed by atoms with Crippen molar-refractivity contribution in [3.05, 3.63) is 97.2 Å². The Morgan fingerprint density at radius 1 is 0.365 bits per heavy atom. The summed E-state index contributed by atoms with van der Waals surface area (Å²) in [6, 6.07) is 0. The minimum absolute atomic E-state index is 0.184. The molecule has 0 aromatic rings. The second-order valence-electron chi connectivity index (χ2n) is 24.8. The highest BCUT2D eigenvalue weighted by Crippen LogP contribution is 2.18. The van der Waals surface area contributed by atoms with E-state index >= 15 is 0 Å². The van der Waals surface area contributed by atoms with E-state index in [1.165, 1.54) is 199 Å². The number of likely N-dealkylation sites (N-methyl/N-ethyl adjacent to an activating group) is 1. The molecule has 9 nitrogen and oxygen atoms in total. The van der Waals surface area contributed by atoms with Crippen LogP contribution in [0.1, 0.15) is 309 Å². The third-order valence-corrected chi connectivity index (χ3v) is 15.3. The lowest BCUT2D eigenvalue weighted by Crippen LogP contribution is -2.40. The van der Waals surface area contributed by atoms with Gasteiger partial charge in [0, 0.05) is 12.8 Å². The normalized spacial score (nSPS) is 13.3. The number of esters is 2. The number of rotatable bonds is 65. The van der Waals surface area contributed by atoms with Gasteiger partial charge in [-0.1, -0.05) is 297 Å². The van der Waals surface area contributed by atoms with E-state index in [-0.39, 0.29) is 32.2 Å². The van der Waals surface area contributed by atoms with E-state index in [1.807, 2.05) is 21.1 Å². The molecule has 1 N–H and O–H groups in total. The minimum atomic E-state index is -1.51. The lowest BCUT2D eigenvalue weighted by Gasteiger charge is -2.25. The number of carbonyl (C=O) groups is 3. The van der Waals surface area contributed by atoms with Crippen LogP contribution in [0.5, 0.6) is 0 Å². The van der Waals surface area contributed by atoms with Crippen LogP contribution in [-0.4, -0.2) is 87.4 Å². The van der Waals surface area contributed by atoms with Crippen LogP contribution in [-0.2, 0) is 33.3 Å². The monoisotopic (exact) mass is 1190 g/mol. The van der Waals surface area contributed by atoms with Gasteiger partial charge in [-0.25, -0.2) is 4.79 Å². The van der Waals surface area contributed by atoms with Crippen molar-refractivity contribution in [1.29, 1.82) is 0 Å². The van der Waals surface area contributed by atoms with E-state index in [0.29, 0.717) is 17.4 Å². The maximum Gasteiger partial charge on any atom is 0.361 e. The Morgan fingerprint density at radius 3 is 1.00 bits per heavy atom. The molecule has 0 aliphatic carbocycles. The average molecular weight is 1190 g/mol. The first-order valence-electron chi connectivity index (χ1n) is 35.4. The third kappa shape index (κ3) is 67.6. The molecule has 0 aromatic heterocycles. The van der Waals surface area contributed by atoms with Crippen LogP contribution >= 0.6 is 0 Å². The number of nitrogens with zero attached hydrogens (tertiary/aromatic N) is 1. The number of carboxylic acid groups (broad SMARTS) is 1. The zero-order valence-corrected chi connectivity index (χ0v) is 56.0. The Labute approximate surface area is 524 Å². The number of aliphatic carboxylic acids is 1. The van der Waals surface area contributed by atoms with Crippen LogP contribution in [0.2, 0.25) is 0 Å². The number of unbranched alkanes of at least 4 members (excludes halogenated alkanes) is 34. The van der Waals surface area contributed by atoms with Gasteiger partial charge in [0.2, 0.25) is 0 Å². The van der Waals surface area contributed by atoms with Gasteiger partial charge in [-0.2, -0.15) is 0 Å². The van der Waals surface area contributed by atoms with Gasteiger partial charge in [-0.3, -0.25) is 9.59 Å².